The van der Waals surface area contributed by atoms with Crippen LogP contribution in [0.15, 0.2) is 42.5 Å². The van der Waals surface area contributed by atoms with Crippen molar-refractivity contribution in [2.45, 2.75) is 20.8 Å². The second-order valence-corrected chi connectivity index (χ2v) is 6.52. The zero-order chi connectivity index (χ0) is 19.3. The summed E-state index contributed by atoms with van der Waals surface area (Å²) in [5.74, 6) is -0.890. The van der Waals surface area contributed by atoms with Gasteiger partial charge in [0, 0.05) is 6.07 Å². The van der Waals surface area contributed by atoms with Gasteiger partial charge in [-0.25, -0.2) is 4.79 Å². The van der Waals surface area contributed by atoms with E-state index in [9.17, 15) is 19.8 Å². The molecule has 0 aromatic heterocycles. The van der Waals surface area contributed by atoms with Gasteiger partial charge in [0.05, 0.1) is 5.41 Å². The third kappa shape index (κ3) is 5.41. The lowest BCUT2D eigenvalue weighted by Crippen LogP contribution is -2.25. The maximum atomic E-state index is 11.8. The zero-order valence-corrected chi connectivity index (χ0v) is 14.7. The molecule has 7 heteroatoms. The minimum Gasteiger partial charge on any atom is -0.504 e. The molecule has 0 unspecified atom stereocenters. The van der Waals surface area contributed by atoms with E-state index in [1.165, 1.54) is 12.1 Å². The van der Waals surface area contributed by atoms with Gasteiger partial charge in [-0.1, -0.05) is 0 Å². The first-order valence-corrected chi connectivity index (χ1v) is 7.83. The first-order chi connectivity index (χ1) is 12.1. The van der Waals surface area contributed by atoms with Gasteiger partial charge in [-0.05, 0) is 57.2 Å². The number of phenols is 2. The van der Waals surface area contributed by atoms with Crippen molar-refractivity contribution < 1.29 is 34.0 Å². The minimum absolute atomic E-state index is 0.0818. The molecule has 0 saturated heterocycles. The lowest BCUT2D eigenvalue weighted by Gasteiger charge is -2.16. The molecule has 0 heterocycles. The molecule has 0 fully saturated rings. The summed E-state index contributed by atoms with van der Waals surface area (Å²) in [5, 5.41) is 18.6. The zero-order valence-electron chi connectivity index (χ0n) is 14.7. The van der Waals surface area contributed by atoms with Gasteiger partial charge >= 0.3 is 11.9 Å². The van der Waals surface area contributed by atoms with Crippen molar-refractivity contribution in [2.24, 2.45) is 5.41 Å². The third-order valence-electron chi connectivity index (χ3n) is 3.18. The summed E-state index contributed by atoms with van der Waals surface area (Å²) in [4.78, 5) is 23.5. The Bertz CT molecular complexity index is 789. The first-order valence-electron chi connectivity index (χ1n) is 7.83. The van der Waals surface area contributed by atoms with Gasteiger partial charge in [-0.3, -0.25) is 4.79 Å². The SMILES string of the molecule is CC(C)(C)C(=O)Oc1ccc(OCC(=O)Oc2ccc(O)c(O)c2)cc1. The van der Waals surface area contributed by atoms with Crippen LogP contribution in [0.3, 0.4) is 0 Å². The molecule has 2 rings (SSSR count). The fraction of sp³-hybridized carbons (Fsp3) is 0.263. The van der Waals surface area contributed by atoms with Crippen LogP contribution < -0.4 is 14.2 Å². The first kappa shape index (κ1) is 19.1. The number of phenolic OH excluding ortho intramolecular Hbond substituents is 2. The van der Waals surface area contributed by atoms with Crippen molar-refractivity contribution in [1.29, 1.82) is 0 Å². The summed E-state index contributed by atoms with van der Waals surface area (Å²) < 4.78 is 15.5. The number of ether oxygens (including phenoxy) is 3. The molecular formula is C19H20O7. The lowest BCUT2D eigenvalue weighted by molar-refractivity contribution is -0.143. The Balaban J connectivity index is 1.86. The standard InChI is InChI=1S/C19H20O7/c1-19(2,3)18(23)26-13-6-4-12(5-7-13)24-11-17(22)25-14-8-9-15(20)16(21)10-14/h4-10,20-21H,11H2,1-3H3. The van der Waals surface area contributed by atoms with Crippen LogP contribution in [0.25, 0.3) is 0 Å². The number of esters is 2. The maximum Gasteiger partial charge on any atom is 0.349 e. The molecule has 2 N–H and O–H groups in total. The number of hydrogen-bond acceptors (Lipinski definition) is 7. The second-order valence-electron chi connectivity index (χ2n) is 6.52. The Morgan fingerprint density at radius 3 is 2.00 bits per heavy atom. The average Bonchev–Trinajstić information content (AvgIpc) is 2.57. The quantitative estimate of drug-likeness (QED) is 0.480. The van der Waals surface area contributed by atoms with Gasteiger partial charge in [0.1, 0.15) is 17.2 Å². The van der Waals surface area contributed by atoms with Crippen LogP contribution in [0.4, 0.5) is 0 Å². The Morgan fingerprint density at radius 1 is 0.846 bits per heavy atom. The number of benzene rings is 2. The summed E-state index contributed by atoms with van der Waals surface area (Å²) in [7, 11) is 0. The van der Waals surface area contributed by atoms with Crippen molar-refractivity contribution in [1.82, 2.24) is 0 Å². The van der Waals surface area contributed by atoms with E-state index < -0.39 is 17.1 Å². The van der Waals surface area contributed by atoms with Crippen LogP contribution >= 0.6 is 0 Å². The number of carbonyl (C=O) groups excluding carboxylic acids is 2. The molecule has 0 radical (unpaired) electrons. The van der Waals surface area contributed by atoms with E-state index in [1.807, 2.05) is 0 Å². The summed E-state index contributed by atoms with van der Waals surface area (Å²) in [6.45, 7) is 4.91. The van der Waals surface area contributed by atoms with E-state index in [1.54, 1.807) is 45.0 Å². The molecule has 0 saturated carbocycles. The molecule has 7 nitrogen and oxygen atoms in total. The van der Waals surface area contributed by atoms with Crippen LogP contribution in [0, 0.1) is 5.41 Å². The second kappa shape index (κ2) is 7.77. The Hall–Kier alpha value is -3.22. The highest BCUT2D eigenvalue weighted by Crippen LogP contribution is 2.28. The van der Waals surface area contributed by atoms with E-state index in [-0.39, 0.29) is 24.1 Å². The van der Waals surface area contributed by atoms with Crippen molar-refractivity contribution in [2.75, 3.05) is 6.61 Å². The van der Waals surface area contributed by atoms with Gasteiger partial charge in [0.25, 0.3) is 0 Å². The number of aromatic hydroxyl groups is 2. The highest BCUT2D eigenvalue weighted by atomic mass is 16.6. The lowest BCUT2D eigenvalue weighted by atomic mass is 9.97. The normalized spacial score (nSPS) is 10.9. The molecule has 0 bridgehead atoms. The molecule has 2 aromatic carbocycles. The number of rotatable bonds is 5. The number of carbonyl (C=O) groups is 2. The van der Waals surface area contributed by atoms with Crippen LogP contribution in [0.1, 0.15) is 20.8 Å². The molecule has 0 atom stereocenters. The van der Waals surface area contributed by atoms with Crippen molar-refractivity contribution in [3.63, 3.8) is 0 Å². The monoisotopic (exact) mass is 360 g/mol. The highest BCUT2D eigenvalue weighted by molar-refractivity contribution is 5.78. The minimum atomic E-state index is -0.682. The highest BCUT2D eigenvalue weighted by Gasteiger charge is 2.23. The van der Waals surface area contributed by atoms with Gasteiger partial charge in [0.15, 0.2) is 18.1 Å². The Labute approximate surface area is 150 Å². The summed E-state index contributed by atoms with van der Waals surface area (Å²) in [6.07, 6.45) is 0. The topological polar surface area (TPSA) is 102 Å². The van der Waals surface area contributed by atoms with Crippen LogP contribution in [0.5, 0.6) is 28.7 Å². The van der Waals surface area contributed by atoms with Gasteiger partial charge < -0.3 is 24.4 Å². The molecule has 2 aromatic rings. The molecule has 26 heavy (non-hydrogen) atoms. The van der Waals surface area contributed by atoms with Gasteiger partial charge in [0.2, 0.25) is 0 Å². The maximum absolute atomic E-state index is 11.8. The summed E-state index contributed by atoms with van der Waals surface area (Å²) >= 11 is 0. The molecule has 0 aliphatic carbocycles. The van der Waals surface area contributed by atoms with Crippen LogP contribution in [-0.4, -0.2) is 28.8 Å². The predicted octanol–water partition coefficient (Wildman–Crippen LogP) is 3.03. The van der Waals surface area contributed by atoms with E-state index in [2.05, 4.69) is 0 Å². The fourth-order valence-corrected chi connectivity index (χ4v) is 1.73. The van der Waals surface area contributed by atoms with Crippen LogP contribution in [-0.2, 0) is 9.59 Å². The van der Waals surface area contributed by atoms with Gasteiger partial charge in [-0.2, -0.15) is 0 Å². The molecule has 0 spiro atoms. The third-order valence-corrected chi connectivity index (χ3v) is 3.18. The Morgan fingerprint density at radius 2 is 1.42 bits per heavy atom. The fourth-order valence-electron chi connectivity index (χ4n) is 1.73. The molecular weight excluding hydrogens is 340 g/mol. The Kier molecular flexibility index (Phi) is 5.71. The van der Waals surface area contributed by atoms with Crippen LogP contribution in [0.2, 0.25) is 0 Å². The van der Waals surface area contributed by atoms with Gasteiger partial charge in [-0.15, -0.1) is 0 Å². The predicted molar refractivity (Wildman–Crippen MR) is 92.4 cm³/mol. The van der Waals surface area contributed by atoms with Crippen molar-refractivity contribution in [3.8, 4) is 28.7 Å². The average molecular weight is 360 g/mol. The summed E-state index contributed by atoms with van der Waals surface area (Å²) in [6, 6.07) is 9.90. The van der Waals surface area contributed by atoms with E-state index in [0.717, 1.165) is 6.07 Å². The molecule has 138 valence electrons. The molecule has 0 aliphatic rings. The summed E-state index contributed by atoms with van der Waals surface area (Å²) in [5.41, 5.74) is -0.610. The van der Waals surface area contributed by atoms with Crippen molar-refractivity contribution in [3.05, 3.63) is 42.5 Å². The molecule has 0 amide bonds. The van der Waals surface area contributed by atoms with Crippen molar-refractivity contribution >= 4 is 11.9 Å². The number of hydrogen-bond donors (Lipinski definition) is 2. The molecule has 0 aliphatic heterocycles. The van der Waals surface area contributed by atoms with E-state index in [4.69, 9.17) is 14.2 Å². The van der Waals surface area contributed by atoms with E-state index >= 15 is 0 Å². The smallest absolute Gasteiger partial charge is 0.349 e. The largest absolute Gasteiger partial charge is 0.504 e. The van der Waals surface area contributed by atoms with E-state index in [0.29, 0.717) is 11.5 Å².